The average Bonchev–Trinajstić information content (AvgIpc) is 2.71. The molecule has 0 unspecified atom stereocenters. The lowest BCUT2D eigenvalue weighted by Gasteiger charge is -2.33. The topological polar surface area (TPSA) is 106 Å². The number of carbonyl (C=O) groups is 1. The molecule has 2 heterocycles. The van der Waals surface area contributed by atoms with E-state index in [2.05, 4.69) is 25.4 Å². The van der Waals surface area contributed by atoms with E-state index >= 15 is 0 Å². The van der Waals surface area contributed by atoms with E-state index in [0.717, 1.165) is 42.5 Å². The molecule has 1 saturated heterocycles. The van der Waals surface area contributed by atoms with Gasteiger partial charge in [0.25, 0.3) is 0 Å². The molecule has 1 aromatic heterocycles. The first-order valence-electron chi connectivity index (χ1n) is 10.2. The van der Waals surface area contributed by atoms with Gasteiger partial charge in [-0.15, -0.1) is 10.2 Å². The summed E-state index contributed by atoms with van der Waals surface area (Å²) in [7, 11) is 1.71. The van der Waals surface area contributed by atoms with E-state index in [-0.39, 0.29) is 12.1 Å². The second-order valence-corrected chi connectivity index (χ2v) is 8.29. The van der Waals surface area contributed by atoms with Crippen LogP contribution in [0.3, 0.4) is 0 Å². The summed E-state index contributed by atoms with van der Waals surface area (Å²) in [5.74, 6) is 0.845. The van der Waals surface area contributed by atoms with Gasteiger partial charge in [0.1, 0.15) is 11.3 Å². The number of aliphatic imine (C=N–C) groups is 1. The Morgan fingerprint density at radius 1 is 1.23 bits per heavy atom. The van der Waals surface area contributed by atoms with E-state index < -0.39 is 5.60 Å². The minimum Gasteiger partial charge on any atom is -0.444 e. The van der Waals surface area contributed by atoms with Crippen LogP contribution in [-0.2, 0) is 4.74 Å². The van der Waals surface area contributed by atoms with Crippen LogP contribution in [0.15, 0.2) is 41.5 Å². The molecule has 30 heavy (non-hydrogen) atoms. The molecule has 160 valence electrons. The van der Waals surface area contributed by atoms with Gasteiger partial charge in [-0.1, -0.05) is 24.3 Å². The van der Waals surface area contributed by atoms with Crippen LogP contribution in [0.1, 0.15) is 39.3 Å². The Balaban J connectivity index is 1.77. The van der Waals surface area contributed by atoms with E-state index in [1.807, 2.05) is 45.0 Å². The predicted octanol–water partition coefficient (Wildman–Crippen LogP) is 3.01. The number of carbonyl (C=O) groups excluding carboxylic acids is 1. The summed E-state index contributed by atoms with van der Waals surface area (Å²) in [5, 5.41) is 14.0. The van der Waals surface area contributed by atoms with E-state index in [0.29, 0.717) is 11.4 Å². The zero-order chi connectivity index (χ0) is 21.7. The standard InChI is InChI=1S/C22H30N6O2/c1-22(2,3)30-21(29)25-15-10-13-28(14-11-15)20-17-8-6-5-7-16(17)19(26-27-20)18(24-4)9-12-23/h5-9,12,15H,10-11,13-14,23H2,1-4H3,(H,25,29). The maximum absolute atomic E-state index is 12.0. The quantitative estimate of drug-likeness (QED) is 0.751. The fourth-order valence-electron chi connectivity index (χ4n) is 3.57. The van der Waals surface area contributed by atoms with Crippen molar-refractivity contribution >= 4 is 28.4 Å². The second kappa shape index (κ2) is 9.11. The maximum Gasteiger partial charge on any atom is 0.407 e. The third-order valence-electron chi connectivity index (χ3n) is 4.92. The molecule has 8 heteroatoms. The fourth-order valence-corrected chi connectivity index (χ4v) is 3.57. The summed E-state index contributed by atoms with van der Waals surface area (Å²) in [5.41, 5.74) is 6.45. The lowest BCUT2D eigenvalue weighted by atomic mass is 10.0. The number of fused-ring (bicyclic) bond motifs is 1. The number of alkyl carbamates (subject to hydrolysis) is 1. The molecule has 0 atom stereocenters. The number of amides is 1. The van der Waals surface area contributed by atoms with E-state index in [1.165, 1.54) is 6.20 Å². The minimum atomic E-state index is -0.499. The largest absolute Gasteiger partial charge is 0.444 e. The number of benzene rings is 1. The van der Waals surface area contributed by atoms with Crippen molar-refractivity contribution in [3.63, 3.8) is 0 Å². The van der Waals surface area contributed by atoms with Crippen LogP contribution in [-0.4, -0.2) is 53.8 Å². The Labute approximate surface area is 177 Å². The molecule has 3 rings (SSSR count). The summed E-state index contributed by atoms with van der Waals surface area (Å²) >= 11 is 0. The molecule has 1 aliphatic rings. The number of rotatable bonds is 4. The van der Waals surface area contributed by atoms with Crippen molar-refractivity contribution in [1.29, 1.82) is 0 Å². The van der Waals surface area contributed by atoms with Crippen LogP contribution >= 0.6 is 0 Å². The molecule has 0 aliphatic carbocycles. The molecule has 1 aromatic carbocycles. The normalized spacial score (nSPS) is 16.3. The highest BCUT2D eigenvalue weighted by atomic mass is 16.6. The number of hydrogen-bond donors (Lipinski definition) is 2. The summed E-state index contributed by atoms with van der Waals surface area (Å²) in [6.45, 7) is 7.13. The number of aromatic nitrogens is 2. The molecular weight excluding hydrogens is 380 g/mol. The van der Waals surface area contributed by atoms with Crippen LogP contribution in [0, 0.1) is 0 Å². The number of nitrogens with one attached hydrogen (secondary N) is 1. The summed E-state index contributed by atoms with van der Waals surface area (Å²) in [4.78, 5) is 18.5. The molecule has 0 saturated carbocycles. The first-order chi connectivity index (χ1) is 14.3. The molecule has 0 radical (unpaired) electrons. The lowest BCUT2D eigenvalue weighted by molar-refractivity contribution is 0.0497. The molecular formula is C22H30N6O2. The predicted molar refractivity (Wildman–Crippen MR) is 120 cm³/mol. The Kier molecular flexibility index (Phi) is 6.54. The van der Waals surface area contributed by atoms with Crippen LogP contribution in [0.2, 0.25) is 0 Å². The SMILES string of the molecule is CN=C(C=CN)c1nnc(N2CCC(NC(=O)OC(C)(C)C)CC2)c2ccccc12. The molecule has 0 spiro atoms. The Bertz CT molecular complexity index is 956. The van der Waals surface area contributed by atoms with Gasteiger partial charge in [0.15, 0.2) is 5.82 Å². The highest BCUT2D eigenvalue weighted by molar-refractivity contribution is 6.15. The number of allylic oxidation sites excluding steroid dienone is 1. The van der Waals surface area contributed by atoms with Crippen LogP contribution < -0.4 is 16.0 Å². The van der Waals surface area contributed by atoms with Crippen molar-refractivity contribution in [3.05, 3.63) is 42.2 Å². The first kappa shape index (κ1) is 21.5. The van der Waals surface area contributed by atoms with Crippen molar-refractivity contribution in [2.45, 2.75) is 45.3 Å². The molecule has 8 nitrogen and oxygen atoms in total. The zero-order valence-electron chi connectivity index (χ0n) is 18.1. The van der Waals surface area contributed by atoms with Gasteiger partial charge in [-0.3, -0.25) is 4.99 Å². The maximum atomic E-state index is 12.0. The molecule has 1 fully saturated rings. The van der Waals surface area contributed by atoms with Crippen molar-refractivity contribution in [1.82, 2.24) is 15.5 Å². The van der Waals surface area contributed by atoms with Crippen molar-refractivity contribution < 1.29 is 9.53 Å². The average molecular weight is 411 g/mol. The minimum absolute atomic E-state index is 0.0862. The van der Waals surface area contributed by atoms with Crippen molar-refractivity contribution in [3.8, 4) is 0 Å². The van der Waals surface area contributed by atoms with Gasteiger partial charge < -0.3 is 20.7 Å². The second-order valence-electron chi connectivity index (χ2n) is 8.29. The van der Waals surface area contributed by atoms with Gasteiger partial charge >= 0.3 is 6.09 Å². The number of nitrogens with zero attached hydrogens (tertiary/aromatic N) is 4. The first-order valence-corrected chi connectivity index (χ1v) is 10.2. The van der Waals surface area contributed by atoms with Crippen LogP contribution in [0.25, 0.3) is 10.8 Å². The molecule has 1 aliphatic heterocycles. The monoisotopic (exact) mass is 410 g/mol. The van der Waals surface area contributed by atoms with Gasteiger partial charge in [-0.05, 0) is 45.9 Å². The van der Waals surface area contributed by atoms with Crippen molar-refractivity contribution in [2.75, 3.05) is 25.0 Å². The fraction of sp³-hybridized carbons (Fsp3) is 0.455. The van der Waals surface area contributed by atoms with E-state index in [4.69, 9.17) is 10.5 Å². The molecule has 3 N–H and O–H groups in total. The summed E-state index contributed by atoms with van der Waals surface area (Å²) in [6, 6.07) is 8.13. The third kappa shape index (κ3) is 5.06. The molecule has 2 aromatic rings. The van der Waals surface area contributed by atoms with Gasteiger partial charge in [0, 0.05) is 37.0 Å². The van der Waals surface area contributed by atoms with Crippen LogP contribution in [0.4, 0.5) is 10.6 Å². The number of ether oxygens (including phenoxy) is 1. The number of anilines is 1. The smallest absolute Gasteiger partial charge is 0.407 e. The van der Waals surface area contributed by atoms with E-state index in [9.17, 15) is 4.79 Å². The highest BCUT2D eigenvalue weighted by Gasteiger charge is 2.25. The Hall–Kier alpha value is -3.16. The molecule has 1 amide bonds. The van der Waals surface area contributed by atoms with E-state index in [1.54, 1.807) is 13.1 Å². The third-order valence-corrected chi connectivity index (χ3v) is 4.92. The summed E-state index contributed by atoms with van der Waals surface area (Å²) in [6.07, 6.45) is 4.44. The lowest BCUT2D eigenvalue weighted by Crippen LogP contribution is -2.46. The van der Waals surface area contributed by atoms with Crippen LogP contribution in [0.5, 0.6) is 0 Å². The van der Waals surface area contributed by atoms with Gasteiger partial charge in [-0.25, -0.2) is 4.79 Å². The van der Waals surface area contributed by atoms with Gasteiger partial charge in [0.2, 0.25) is 0 Å². The van der Waals surface area contributed by atoms with Crippen molar-refractivity contribution in [2.24, 2.45) is 10.7 Å². The number of piperidine rings is 1. The number of nitrogens with two attached hydrogens (primary N) is 1. The molecule has 0 bridgehead atoms. The number of hydrogen-bond acceptors (Lipinski definition) is 7. The van der Waals surface area contributed by atoms with Gasteiger partial charge in [0.05, 0.1) is 5.71 Å². The highest BCUT2D eigenvalue weighted by Crippen LogP contribution is 2.28. The van der Waals surface area contributed by atoms with Gasteiger partial charge in [-0.2, -0.15) is 0 Å². The Morgan fingerprint density at radius 2 is 1.90 bits per heavy atom. The Morgan fingerprint density at radius 3 is 2.50 bits per heavy atom. The zero-order valence-corrected chi connectivity index (χ0v) is 18.1. The summed E-state index contributed by atoms with van der Waals surface area (Å²) < 4.78 is 5.36.